The standard InChI is InChI=1S/C29H30N2O6/c1-2-35-27(32)29(31(34)22-13-7-4-8-14-22)17-9-15-24-23(29)19-25(26-16-10-18-36-26)30(24)28(33)37-20-21-11-5-3-6-12-21/h3-16,18,23-25,34H,2,17,19-20H2,1H3/t23-,24-,25-,29-/m0/s1. The molecule has 1 aromatic heterocycles. The van der Waals surface area contributed by atoms with Gasteiger partial charge in [-0.3, -0.25) is 10.1 Å². The average Bonchev–Trinajstić information content (AvgIpc) is 3.61. The summed E-state index contributed by atoms with van der Waals surface area (Å²) in [5, 5.41) is 12.6. The number of anilines is 1. The van der Waals surface area contributed by atoms with Crippen LogP contribution in [0.1, 0.15) is 37.1 Å². The molecule has 0 saturated carbocycles. The second-order valence-corrected chi connectivity index (χ2v) is 9.24. The fraction of sp³-hybridized carbons (Fsp3) is 0.310. The van der Waals surface area contributed by atoms with E-state index in [1.807, 2.05) is 54.6 Å². The van der Waals surface area contributed by atoms with Crippen molar-refractivity contribution in [2.45, 2.75) is 44.0 Å². The summed E-state index contributed by atoms with van der Waals surface area (Å²) in [6.07, 6.45) is 5.36. The first kappa shape index (κ1) is 24.6. The Balaban J connectivity index is 1.53. The van der Waals surface area contributed by atoms with Crippen molar-refractivity contribution >= 4 is 17.7 Å². The van der Waals surface area contributed by atoms with Gasteiger partial charge in [-0.25, -0.2) is 14.7 Å². The summed E-state index contributed by atoms with van der Waals surface area (Å²) in [4.78, 5) is 28.8. The van der Waals surface area contributed by atoms with Gasteiger partial charge in [0.25, 0.3) is 0 Å². The molecule has 0 radical (unpaired) electrons. The maximum atomic E-state index is 13.6. The molecule has 0 unspecified atom stereocenters. The molecule has 1 fully saturated rings. The largest absolute Gasteiger partial charge is 0.467 e. The summed E-state index contributed by atoms with van der Waals surface area (Å²) >= 11 is 0. The van der Waals surface area contributed by atoms with Gasteiger partial charge in [0.05, 0.1) is 30.6 Å². The monoisotopic (exact) mass is 502 g/mol. The highest BCUT2D eigenvalue weighted by atomic mass is 16.6. The van der Waals surface area contributed by atoms with Gasteiger partial charge in [0.2, 0.25) is 0 Å². The Labute approximate surface area is 215 Å². The maximum absolute atomic E-state index is 13.6. The molecule has 2 aliphatic rings. The molecule has 3 aromatic rings. The Kier molecular flexibility index (Phi) is 7.01. The number of amides is 1. The Morgan fingerprint density at radius 3 is 2.46 bits per heavy atom. The van der Waals surface area contributed by atoms with E-state index in [2.05, 4.69) is 0 Å². The van der Waals surface area contributed by atoms with E-state index in [-0.39, 0.29) is 19.6 Å². The molecule has 8 heteroatoms. The van der Waals surface area contributed by atoms with Crippen LogP contribution in [0.5, 0.6) is 0 Å². The molecule has 1 N–H and O–H groups in total. The first-order chi connectivity index (χ1) is 18.1. The zero-order chi connectivity index (χ0) is 25.8. The number of hydrogen-bond donors (Lipinski definition) is 1. The Morgan fingerprint density at radius 1 is 1.05 bits per heavy atom. The molecular formula is C29H30N2O6. The van der Waals surface area contributed by atoms with Crippen molar-refractivity contribution in [3.63, 3.8) is 0 Å². The third-order valence-corrected chi connectivity index (χ3v) is 7.22. The van der Waals surface area contributed by atoms with Crippen LogP contribution in [0.15, 0.2) is 95.6 Å². The van der Waals surface area contributed by atoms with Crippen LogP contribution in [0.25, 0.3) is 0 Å². The van der Waals surface area contributed by atoms with Crippen LogP contribution in [0, 0.1) is 5.92 Å². The van der Waals surface area contributed by atoms with E-state index in [0.29, 0.717) is 17.9 Å². The lowest BCUT2D eigenvalue weighted by Crippen LogP contribution is -2.63. The highest BCUT2D eigenvalue weighted by molar-refractivity contribution is 5.86. The minimum atomic E-state index is -1.45. The summed E-state index contributed by atoms with van der Waals surface area (Å²) in [6.45, 7) is 2.01. The van der Waals surface area contributed by atoms with Crippen LogP contribution in [-0.2, 0) is 20.9 Å². The van der Waals surface area contributed by atoms with Gasteiger partial charge in [-0.15, -0.1) is 0 Å². The number of hydrogen-bond acceptors (Lipinski definition) is 7. The number of rotatable bonds is 7. The van der Waals surface area contributed by atoms with E-state index in [9.17, 15) is 14.8 Å². The number of para-hydroxylation sites is 1. The third-order valence-electron chi connectivity index (χ3n) is 7.22. The number of carbonyl (C=O) groups excluding carboxylic acids is 2. The van der Waals surface area contributed by atoms with Crippen molar-refractivity contribution in [1.82, 2.24) is 4.90 Å². The van der Waals surface area contributed by atoms with E-state index >= 15 is 0 Å². The van der Waals surface area contributed by atoms with Gasteiger partial charge in [0.15, 0.2) is 5.54 Å². The molecule has 0 bridgehead atoms. The number of likely N-dealkylation sites (tertiary alicyclic amines) is 1. The quantitative estimate of drug-likeness (QED) is 0.259. The van der Waals surface area contributed by atoms with Crippen molar-refractivity contribution in [2.75, 3.05) is 11.7 Å². The number of benzene rings is 2. The predicted octanol–water partition coefficient (Wildman–Crippen LogP) is 5.51. The van der Waals surface area contributed by atoms with E-state index < -0.39 is 35.6 Å². The lowest BCUT2D eigenvalue weighted by molar-refractivity contribution is -0.156. The van der Waals surface area contributed by atoms with Crippen LogP contribution >= 0.6 is 0 Å². The zero-order valence-corrected chi connectivity index (χ0v) is 20.6. The van der Waals surface area contributed by atoms with Crippen LogP contribution in [0.4, 0.5) is 10.5 Å². The van der Waals surface area contributed by atoms with Crippen molar-refractivity contribution < 1.29 is 28.7 Å². The highest BCUT2D eigenvalue weighted by Crippen LogP contribution is 2.51. The minimum Gasteiger partial charge on any atom is -0.467 e. The van der Waals surface area contributed by atoms with Gasteiger partial charge >= 0.3 is 12.1 Å². The fourth-order valence-electron chi connectivity index (χ4n) is 5.54. The summed E-state index contributed by atoms with van der Waals surface area (Å²) < 4.78 is 17.0. The summed E-state index contributed by atoms with van der Waals surface area (Å²) in [5.41, 5.74) is -0.119. The number of nitrogens with zero attached hydrogens (tertiary/aromatic N) is 2. The van der Waals surface area contributed by atoms with Crippen LogP contribution in [0.3, 0.4) is 0 Å². The van der Waals surface area contributed by atoms with Crippen LogP contribution in [-0.4, -0.2) is 40.4 Å². The molecule has 192 valence electrons. The summed E-state index contributed by atoms with van der Waals surface area (Å²) in [7, 11) is 0. The number of fused-ring (bicyclic) bond motifs is 1. The average molecular weight is 503 g/mol. The summed E-state index contributed by atoms with van der Waals surface area (Å²) in [5.74, 6) is -0.457. The molecule has 37 heavy (non-hydrogen) atoms. The van der Waals surface area contributed by atoms with Crippen molar-refractivity contribution in [1.29, 1.82) is 0 Å². The zero-order valence-electron chi connectivity index (χ0n) is 20.6. The predicted molar refractivity (Wildman–Crippen MR) is 136 cm³/mol. The van der Waals surface area contributed by atoms with Gasteiger partial charge in [-0.1, -0.05) is 60.7 Å². The number of hydroxylamine groups is 1. The Bertz CT molecular complexity index is 1230. The molecule has 1 saturated heterocycles. The van der Waals surface area contributed by atoms with E-state index in [1.165, 1.54) is 0 Å². The normalized spacial score (nSPS) is 24.4. The lowest BCUT2D eigenvalue weighted by Gasteiger charge is -2.46. The first-order valence-electron chi connectivity index (χ1n) is 12.5. The SMILES string of the molecule is CCOC(=O)[C@]1(N(O)c2ccccc2)CC=C[C@H]2[C@@H]1C[C@@H](c1ccco1)N2C(=O)OCc1ccccc1. The van der Waals surface area contributed by atoms with Gasteiger partial charge in [-0.05, 0) is 43.2 Å². The fourth-order valence-corrected chi connectivity index (χ4v) is 5.54. The molecule has 1 aliphatic heterocycles. The Hall–Kier alpha value is -4.04. The van der Waals surface area contributed by atoms with Crippen LogP contribution in [0.2, 0.25) is 0 Å². The lowest BCUT2D eigenvalue weighted by atomic mass is 9.72. The van der Waals surface area contributed by atoms with Crippen molar-refractivity contribution in [3.05, 3.63) is 103 Å². The number of esters is 1. The highest BCUT2D eigenvalue weighted by Gasteiger charge is 2.62. The molecule has 2 aromatic carbocycles. The molecule has 4 atom stereocenters. The first-order valence-corrected chi connectivity index (χ1v) is 12.5. The molecule has 2 heterocycles. The molecule has 1 amide bonds. The topological polar surface area (TPSA) is 92.5 Å². The van der Waals surface area contributed by atoms with E-state index in [0.717, 1.165) is 10.6 Å². The third kappa shape index (κ3) is 4.49. The van der Waals surface area contributed by atoms with Gasteiger partial charge < -0.3 is 13.9 Å². The van der Waals surface area contributed by atoms with Crippen LogP contribution < -0.4 is 5.06 Å². The van der Waals surface area contributed by atoms with Gasteiger partial charge in [0.1, 0.15) is 12.4 Å². The molecule has 5 rings (SSSR count). The van der Waals surface area contributed by atoms with Crippen molar-refractivity contribution in [3.8, 4) is 0 Å². The van der Waals surface area contributed by atoms with E-state index in [4.69, 9.17) is 13.9 Å². The summed E-state index contributed by atoms with van der Waals surface area (Å²) in [6, 6.07) is 20.9. The van der Waals surface area contributed by atoms with Crippen molar-refractivity contribution in [2.24, 2.45) is 5.92 Å². The molecular weight excluding hydrogens is 472 g/mol. The second kappa shape index (κ2) is 10.5. The smallest absolute Gasteiger partial charge is 0.411 e. The maximum Gasteiger partial charge on any atom is 0.411 e. The molecule has 1 aliphatic carbocycles. The molecule has 0 spiro atoms. The van der Waals surface area contributed by atoms with Gasteiger partial charge in [-0.2, -0.15) is 0 Å². The number of furan rings is 1. The number of carbonyl (C=O) groups is 2. The Morgan fingerprint density at radius 2 is 1.78 bits per heavy atom. The minimum absolute atomic E-state index is 0.112. The number of ether oxygens (including phenoxy) is 2. The van der Waals surface area contributed by atoms with Gasteiger partial charge in [0, 0.05) is 12.3 Å². The molecule has 8 nitrogen and oxygen atoms in total. The second-order valence-electron chi connectivity index (χ2n) is 9.24. The van der Waals surface area contributed by atoms with E-state index in [1.54, 1.807) is 48.4 Å².